The molecular formula is C9H14O2. The van der Waals surface area contributed by atoms with Gasteiger partial charge >= 0.3 is 0 Å². The molecule has 3 fully saturated rings. The van der Waals surface area contributed by atoms with Crippen LogP contribution in [-0.4, -0.2) is 16.5 Å². The Balaban J connectivity index is 2.04. The molecule has 0 spiro atoms. The molecule has 2 bridgehead atoms. The topological polar surface area (TPSA) is 37.3 Å². The number of carbonyl (C=O) groups is 1. The van der Waals surface area contributed by atoms with E-state index < -0.39 is 5.60 Å². The van der Waals surface area contributed by atoms with Crippen LogP contribution >= 0.6 is 0 Å². The third kappa shape index (κ3) is 0.734. The molecule has 0 aliphatic heterocycles. The van der Waals surface area contributed by atoms with Crippen molar-refractivity contribution >= 4 is 5.78 Å². The van der Waals surface area contributed by atoms with E-state index in [0.29, 0.717) is 5.78 Å². The molecule has 3 rings (SSSR count). The van der Waals surface area contributed by atoms with Crippen molar-refractivity contribution in [1.29, 1.82) is 0 Å². The van der Waals surface area contributed by atoms with Gasteiger partial charge in [0.15, 0.2) is 0 Å². The average molecular weight is 154 g/mol. The molecule has 0 aromatic rings. The standard InChI is InChI=1S/C9H14O2/c1-6(2)7(10)8-3-9(11,4-8)5-8/h6,11H,3-5H2,1-2H3. The van der Waals surface area contributed by atoms with E-state index in [4.69, 9.17) is 0 Å². The Bertz CT molecular complexity index is 198. The lowest BCUT2D eigenvalue weighted by molar-refractivity contribution is -0.250. The fraction of sp³-hybridized carbons (Fsp3) is 0.889. The molecule has 3 aliphatic rings. The van der Waals surface area contributed by atoms with Crippen molar-refractivity contribution in [3.05, 3.63) is 0 Å². The first-order chi connectivity index (χ1) is 4.98. The Kier molecular flexibility index (Phi) is 1.12. The molecule has 3 saturated carbocycles. The van der Waals surface area contributed by atoms with Crippen molar-refractivity contribution in [3.63, 3.8) is 0 Å². The van der Waals surface area contributed by atoms with Gasteiger partial charge in [0.25, 0.3) is 0 Å². The van der Waals surface area contributed by atoms with Crippen LogP contribution in [0.2, 0.25) is 0 Å². The van der Waals surface area contributed by atoms with Crippen LogP contribution in [0.3, 0.4) is 0 Å². The van der Waals surface area contributed by atoms with Crippen molar-refractivity contribution in [3.8, 4) is 0 Å². The summed E-state index contributed by atoms with van der Waals surface area (Å²) in [7, 11) is 0. The minimum Gasteiger partial charge on any atom is -0.390 e. The lowest BCUT2D eigenvalue weighted by Gasteiger charge is -2.67. The summed E-state index contributed by atoms with van der Waals surface area (Å²) < 4.78 is 0. The van der Waals surface area contributed by atoms with Crippen LogP contribution in [0.25, 0.3) is 0 Å². The molecule has 0 aromatic carbocycles. The zero-order valence-corrected chi connectivity index (χ0v) is 7.05. The van der Waals surface area contributed by atoms with Gasteiger partial charge in [0.2, 0.25) is 0 Å². The van der Waals surface area contributed by atoms with E-state index in [9.17, 15) is 9.90 Å². The smallest absolute Gasteiger partial charge is 0.141 e. The molecule has 0 radical (unpaired) electrons. The summed E-state index contributed by atoms with van der Waals surface area (Å²) in [5.74, 6) is 0.494. The van der Waals surface area contributed by atoms with E-state index in [0.717, 1.165) is 19.3 Å². The SMILES string of the molecule is CC(C)C(=O)C12CC(O)(C1)C2. The van der Waals surface area contributed by atoms with Gasteiger partial charge < -0.3 is 5.11 Å². The molecule has 11 heavy (non-hydrogen) atoms. The third-order valence-electron chi connectivity index (χ3n) is 3.05. The highest BCUT2D eigenvalue weighted by Gasteiger charge is 2.70. The van der Waals surface area contributed by atoms with Crippen LogP contribution in [-0.2, 0) is 4.79 Å². The summed E-state index contributed by atoms with van der Waals surface area (Å²) >= 11 is 0. The number of ketones is 1. The molecule has 0 saturated heterocycles. The minimum atomic E-state index is -0.426. The lowest BCUT2D eigenvalue weighted by atomic mass is 9.39. The number of aliphatic hydroxyl groups is 1. The molecule has 0 unspecified atom stereocenters. The second-order valence-corrected chi connectivity index (χ2v) is 4.55. The molecule has 3 aliphatic carbocycles. The van der Waals surface area contributed by atoms with Gasteiger partial charge in [-0.3, -0.25) is 4.79 Å². The van der Waals surface area contributed by atoms with Crippen molar-refractivity contribution in [2.45, 2.75) is 38.7 Å². The first kappa shape index (κ1) is 7.29. The van der Waals surface area contributed by atoms with Gasteiger partial charge in [0.05, 0.1) is 5.60 Å². The predicted octanol–water partition coefficient (Wildman–Crippen LogP) is 1.13. The second kappa shape index (κ2) is 1.69. The molecule has 1 N–H and O–H groups in total. The first-order valence-electron chi connectivity index (χ1n) is 4.24. The second-order valence-electron chi connectivity index (χ2n) is 4.55. The molecule has 62 valence electrons. The van der Waals surface area contributed by atoms with Crippen molar-refractivity contribution < 1.29 is 9.90 Å². The molecule has 0 aromatic heterocycles. The molecule has 0 heterocycles. The summed E-state index contributed by atoms with van der Waals surface area (Å²) in [4.78, 5) is 11.5. The third-order valence-corrected chi connectivity index (χ3v) is 3.05. The molecular weight excluding hydrogens is 140 g/mol. The minimum absolute atomic E-state index is 0.0804. The summed E-state index contributed by atoms with van der Waals surface area (Å²) in [5, 5.41) is 9.42. The van der Waals surface area contributed by atoms with Gasteiger partial charge in [0, 0.05) is 11.3 Å². The van der Waals surface area contributed by atoms with Crippen molar-refractivity contribution in [1.82, 2.24) is 0 Å². The van der Waals surface area contributed by atoms with E-state index in [1.54, 1.807) is 0 Å². The van der Waals surface area contributed by atoms with Gasteiger partial charge in [-0.1, -0.05) is 13.8 Å². The summed E-state index contributed by atoms with van der Waals surface area (Å²) in [6, 6.07) is 0. The molecule has 0 atom stereocenters. The number of hydrogen-bond donors (Lipinski definition) is 1. The molecule has 0 amide bonds. The average Bonchev–Trinajstić information content (AvgIpc) is 1.77. The van der Waals surface area contributed by atoms with Gasteiger partial charge in [-0.2, -0.15) is 0 Å². The molecule has 2 heteroatoms. The number of Topliss-reactive ketones (excluding diaryl/α,β-unsaturated/α-hetero) is 1. The van der Waals surface area contributed by atoms with Gasteiger partial charge in [-0.05, 0) is 19.3 Å². The zero-order valence-electron chi connectivity index (χ0n) is 7.05. The van der Waals surface area contributed by atoms with Crippen molar-refractivity contribution in [2.24, 2.45) is 11.3 Å². The van der Waals surface area contributed by atoms with E-state index in [1.165, 1.54) is 0 Å². The highest BCUT2D eigenvalue weighted by Crippen LogP contribution is 2.68. The van der Waals surface area contributed by atoms with E-state index in [1.807, 2.05) is 13.8 Å². The zero-order chi connectivity index (χ0) is 8.28. The van der Waals surface area contributed by atoms with Gasteiger partial charge in [0.1, 0.15) is 5.78 Å². The quantitative estimate of drug-likeness (QED) is 0.647. The van der Waals surface area contributed by atoms with Gasteiger partial charge in [-0.25, -0.2) is 0 Å². The fourth-order valence-corrected chi connectivity index (χ4v) is 2.61. The molecule has 2 nitrogen and oxygen atoms in total. The Morgan fingerprint density at radius 2 is 1.82 bits per heavy atom. The van der Waals surface area contributed by atoms with Crippen molar-refractivity contribution in [2.75, 3.05) is 0 Å². The normalized spacial score (nSPS) is 46.5. The first-order valence-corrected chi connectivity index (χ1v) is 4.24. The van der Waals surface area contributed by atoms with Crippen LogP contribution in [0.4, 0.5) is 0 Å². The van der Waals surface area contributed by atoms with Crippen LogP contribution in [0.5, 0.6) is 0 Å². The fourth-order valence-electron chi connectivity index (χ4n) is 2.61. The maximum Gasteiger partial charge on any atom is 0.141 e. The Morgan fingerprint density at radius 3 is 2.09 bits per heavy atom. The highest BCUT2D eigenvalue weighted by molar-refractivity contribution is 5.90. The van der Waals surface area contributed by atoms with E-state index in [-0.39, 0.29) is 11.3 Å². The monoisotopic (exact) mass is 154 g/mol. The number of rotatable bonds is 2. The highest BCUT2D eigenvalue weighted by atomic mass is 16.3. The van der Waals surface area contributed by atoms with Crippen LogP contribution < -0.4 is 0 Å². The maximum absolute atomic E-state index is 11.5. The lowest BCUT2D eigenvalue weighted by Crippen LogP contribution is -2.70. The Morgan fingerprint density at radius 1 is 1.36 bits per heavy atom. The van der Waals surface area contributed by atoms with E-state index in [2.05, 4.69) is 0 Å². The Labute approximate surface area is 66.6 Å². The largest absolute Gasteiger partial charge is 0.390 e. The summed E-state index contributed by atoms with van der Waals surface area (Å²) in [6.07, 6.45) is 2.20. The Hall–Kier alpha value is -0.370. The summed E-state index contributed by atoms with van der Waals surface area (Å²) in [5.41, 5.74) is -0.506. The van der Waals surface area contributed by atoms with Crippen LogP contribution in [0.1, 0.15) is 33.1 Å². The van der Waals surface area contributed by atoms with E-state index >= 15 is 0 Å². The maximum atomic E-state index is 11.5. The number of carbonyl (C=O) groups excluding carboxylic acids is 1. The number of hydrogen-bond acceptors (Lipinski definition) is 2. The van der Waals surface area contributed by atoms with Crippen LogP contribution in [0, 0.1) is 11.3 Å². The predicted molar refractivity (Wildman–Crippen MR) is 41.1 cm³/mol. The van der Waals surface area contributed by atoms with Gasteiger partial charge in [-0.15, -0.1) is 0 Å². The van der Waals surface area contributed by atoms with Crippen LogP contribution in [0.15, 0.2) is 0 Å². The summed E-state index contributed by atoms with van der Waals surface area (Å²) in [6.45, 7) is 3.87.